The highest BCUT2D eigenvalue weighted by atomic mass is 79.9. The van der Waals surface area contributed by atoms with Crippen LogP contribution in [0.1, 0.15) is 18.9 Å². The van der Waals surface area contributed by atoms with Gasteiger partial charge in [-0.3, -0.25) is 5.43 Å². The van der Waals surface area contributed by atoms with Crippen molar-refractivity contribution in [3.05, 3.63) is 28.2 Å². The summed E-state index contributed by atoms with van der Waals surface area (Å²) in [6.07, 6.45) is 2.58. The molecular weight excluding hydrogens is 302 g/mol. The summed E-state index contributed by atoms with van der Waals surface area (Å²) in [6, 6.07) is 5.72. The summed E-state index contributed by atoms with van der Waals surface area (Å²) in [7, 11) is 0. The van der Waals surface area contributed by atoms with E-state index < -0.39 is 0 Å². The van der Waals surface area contributed by atoms with Gasteiger partial charge in [-0.05, 0) is 36.8 Å². The molecule has 0 fully saturated rings. The van der Waals surface area contributed by atoms with E-state index in [2.05, 4.69) is 45.6 Å². The van der Waals surface area contributed by atoms with E-state index in [0.29, 0.717) is 6.61 Å². The molecule has 1 aromatic carbocycles. The van der Waals surface area contributed by atoms with Crippen molar-refractivity contribution in [2.45, 2.75) is 13.3 Å². The quantitative estimate of drug-likeness (QED) is 0.497. The average Bonchev–Trinajstić information content (AvgIpc) is 2.27. The van der Waals surface area contributed by atoms with E-state index in [1.807, 2.05) is 18.2 Å². The molecule has 92 valence electrons. The van der Waals surface area contributed by atoms with Crippen LogP contribution in [0.25, 0.3) is 0 Å². The van der Waals surface area contributed by atoms with E-state index in [9.17, 15) is 0 Å². The Kier molecular flexibility index (Phi) is 5.93. The minimum absolute atomic E-state index is 0.132. The fourth-order valence-electron chi connectivity index (χ4n) is 1.13. The number of nitrogens with zero attached hydrogens (tertiary/aromatic N) is 1. The van der Waals surface area contributed by atoms with Crippen LogP contribution in [0.5, 0.6) is 5.75 Å². The van der Waals surface area contributed by atoms with E-state index in [0.717, 1.165) is 22.2 Å². The third kappa shape index (κ3) is 5.14. The van der Waals surface area contributed by atoms with Gasteiger partial charge in [0.05, 0.1) is 12.8 Å². The van der Waals surface area contributed by atoms with E-state index in [1.54, 1.807) is 6.21 Å². The lowest BCUT2D eigenvalue weighted by Crippen LogP contribution is -2.24. The summed E-state index contributed by atoms with van der Waals surface area (Å²) >= 11 is 8.05. The molecule has 0 aliphatic rings. The first kappa shape index (κ1) is 13.9. The van der Waals surface area contributed by atoms with E-state index >= 15 is 0 Å². The first-order valence-corrected chi connectivity index (χ1v) is 6.34. The Morgan fingerprint density at radius 3 is 3.06 bits per heavy atom. The molecule has 1 rings (SSSR count). The molecule has 6 heteroatoms. The van der Waals surface area contributed by atoms with Gasteiger partial charge in [-0.2, -0.15) is 5.10 Å². The summed E-state index contributed by atoms with van der Waals surface area (Å²) in [5.41, 5.74) is 8.63. The van der Waals surface area contributed by atoms with Crippen LogP contribution in [0, 0.1) is 0 Å². The summed E-state index contributed by atoms with van der Waals surface area (Å²) in [4.78, 5) is 0. The number of hydrazone groups is 1. The van der Waals surface area contributed by atoms with E-state index in [-0.39, 0.29) is 5.11 Å². The molecule has 0 saturated heterocycles. The van der Waals surface area contributed by atoms with Crippen LogP contribution < -0.4 is 15.9 Å². The van der Waals surface area contributed by atoms with Gasteiger partial charge in [0, 0.05) is 10.0 Å². The first-order valence-electron chi connectivity index (χ1n) is 5.14. The molecule has 0 atom stereocenters. The van der Waals surface area contributed by atoms with Gasteiger partial charge >= 0.3 is 0 Å². The van der Waals surface area contributed by atoms with Gasteiger partial charge in [0.1, 0.15) is 5.75 Å². The Morgan fingerprint density at radius 2 is 2.41 bits per heavy atom. The second-order valence-corrected chi connectivity index (χ2v) is 4.62. The third-order valence-electron chi connectivity index (χ3n) is 1.81. The largest absolute Gasteiger partial charge is 0.493 e. The van der Waals surface area contributed by atoms with Crippen LogP contribution in [-0.4, -0.2) is 17.9 Å². The molecule has 0 aliphatic carbocycles. The summed E-state index contributed by atoms with van der Waals surface area (Å²) < 4.78 is 6.55. The fourth-order valence-corrected chi connectivity index (χ4v) is 1.56. The van der Waals surface area contributed by atoms with Crippen molar-refractivity contribution in [2.24, 2.45) is 10.8 Å². The van der Waals surface area contributed by atoms with Crippen molar-refractivity contribution in [2.75, 3.05) is 6.61 Å². The van der Waals surface area contributed by atoms with Gasteiger partial charge < -0.3 is 10.5 Å². The summed E-state index contributed by atoms with van der Waals surface area (Å²) in [6.45, 7) is 2.73. The lowest BCUT2D eigenvalue weighted by molar-refractivity contribution is 0.317. The fraction of sp³-hybridized carbons (Fsp3) is 0.273. The molecule has 0 aromatic heterocycles. The molecule has 0 unspecified atom stereocenters. The Labute approximate surface area is 114 Å². The number of hydrogen-bond acceptors (Lipinski definition) is 3. The van der Waals surface area contributed by atoms with Gasteiger partial charge in [-0.15, -0.1) is 0 Å². The zero-order valence-corrected chi connectivity index (χ0v) is 11.8. The number of thiocarbonyl (C=S) groups is 1. The highest BCUT2D eigenvalue weighted by Crippen LogP contribution is 2.21. The van der Waals surface area contributed by atoms with Gasteiger partial charge in [-0.25, -0.2) is 0 Å². The van der Waals surface area contributed by atoms with Crippen LogP contribution in [-0.2, 0) is 0 Å². The normalized spacial score (nSPS) is 10.5. The SMILES string of the molecule is CCCOc1ccc(Br)cc1/C=N\NC(N)=S. The van der Waals surface area contributed by atoms with Gasteiger partial charge in [-0.1, -0.05) is 22.9 Å². The second-order valence-electron chi connectivity index (χ2n) is 3.26. The van der Waals surface area contributed by atoms with Crippen LogP contribution in [0.3, 0.4) is 0 Å². The molecular formula is C11H14BrN3OS. The van der Waals surface area contributed by atoms with Crippen LogP contribution in [0.4, 0.5) is 0 Å². The molecule has 0 amide bonds. The zero-order valence-electron chi connectivity index (χ0n) is 9.44. The molecule has 0 bridgehead atoms. The average molecular weight is 316 g/mol. The van der Waals surface area contributed by atoms with Crippen molar-refractivity contribution < 1.29 is 4.74 Å². The van der Waals surface area contributed by atoms with Gasteiger partial charge in [0.25, 0.3) is 0 Å². The van der Waals surface area contributed by atoms with Crippen molar-refractivity contribution in [1.29, 1.82) is 0 Å². The molecule has 0 spiro atoms. The van der Waals surface area contributed by atoms with Gasteiger partial charge in [0.15, 0.2) is 5.11 Å². The maximum atomic E-state index is 5.59. The lowest BCUT2D eigenvalue weighted by atomic mass is 10.2. The predicted octanol–water partition coefficient (Wildman–Crippen LogP) is 2.40. The molecule has 0 heterocycles. The Balaban J connectivity index is 2.82. The number of benzene rings is 1. The van der Waals surface area contributed by atoms with Crippen LogP contribution in [0.15, 0.2) is 27.8 Å². The highest BCUT2D eigenvalue weighted by Gasteiger charge is 2.02. The minimum atomic E-state index is 0.132. The van der Waals surface area contributed by atoms with Crippen molar-refractivity contribution in [3.8, 4) is 5.75 Å². The minimum Gasteiger partial charge on any atom is -0.493 e. The standard InChI is InChI=1S/C11H14BrN3OS/c1-2-5-16-10-4-3-9(12)6-8(10)7-14-15-11(13)17/h3-4,6-7H,2,5H2,1H3,(H3,13,15,17)/b14-7-. The van der Waals surface area contributed by atoms with E-state index in [1.165, 1.54) is 0 Å². The third-order valence-corrected chi connectivity index (χ3v) is 2.40. The second kappa shape index (κ2) is 7.24. The maximum Gasteiger partial charge on any atom is 0.184 e. The Hall–Kier alpha value is -1.14. The lowest BCUT2D eigenvalue weighted by Gasteiger charge is -2.08. The highest BCUT2D eigenvalue weighted by molar-refractivity contribution is 9.10. The topological polar surface area (TPSA) is 59.6 Å². The number of hydrogen-bond donors (Lipinski definition) is 2. The van der Waals surface area contributed by atoms with Crippen molar-refractivity contribution in [3.63, 3.8) is 0 Å². The number of ether oxygens (including phenoxy) is 1. The van der Waals surface area contributed by atoms with Crippen molar-refractivity contribution in [1.82, 2.24) is 5.43 Å². The zero-order chi connectivity index (χ0) is 12.7. The molecule has 0 radical (unpaired) electrons. The summed E-state index contributed by atoms with van der Waals surface area (Å²) in [5, 5.41) is 4.04. The summed E-state index contributed by atoms with van der Waals surface area (Å²) in [5.74, 6) is 0.781. The molecule has 3 N–H and O–H groups in total. The molecule has 1 aromatic rings. The monoisotopic (exact) mass is 315 g/mol. The number of nitrogens with two attached hydrogens (primary N) is 1. The van der Waals surface area contributed by atoms with Crippen LogP contribution in [0.2, 0.25) is 0 Å². The molecule has 0 saturated carbocycles. The smallest absolute Gasteiger partial charge is 0.184 e. The predicted molar refractivity (Wildman–Crippen MR) is 77.4 cm³/mol. The van der Waals surface area contributed by atoms with Gasteiger partial charge in [0.2, 0.25) is 0 Å². The maximum absolute atomic E-state index is 5.59. The Bertz CT molecular complexity index is 423. The first-order chi connectivity index (χ1) is 8.13. The molecule has 17 heavy (non-hydrogen) atoms. The Morgan fingerprint density at radius 1 is 1.65 bits per heavy atom. The van der Waals surface area contributed by atoms with E-state index in [4.69, 9.17) is 10.5 Å². The van der Waals surface area contributed by atoms with Crippen molar-refractivity contribution >= 4 is 39.5 Å². The molecule has 4 nitrogen and oxygen atoms in total. The number of rotatable bonds is 5. The number of nitrogens with one attached hydrogen (secondary N) is 1. The molecule has 0 aliphatic heterocycles. The van der Waals surface area contributed by atoms with Crippen LogP contribution >= 0.6 is 28.1 Å². The number of halogens is 1.